The second-order valence-electron chi connectivity index (χ2n) is 1.60. The van der Waals surface area contributed by atoms with E-state index >= 15 is 0 Å². The van der Waals surface area contributed by atoms with Crippen LogP contribution in [0.25, 0.3) is 0 Å². The van der Waals surface area contributed by atoms with Gasteiger partial charge in [-0.3, -0.25) is 0 Å². The van der Waals surface area contributed by atoms with Crippen LogP contribution in [-0.4, -0.2) is 0 Å². The summed E-state index contributed by atoms with van der Waals surface area (Å²) in [5.74, 6) is 0. The third-order valence-electron chi connectivity index (χ3n) is 0.601. The molecule has 0 amide bonds. The normalized spacial score (nSPS) is 10.2. The molecule has 0 aromatic carbocycles. The fourth-order valence-electron chi connectivity index (χ4n) is 0.260. The Balaban J connectivity index is 3.16. The van der Waals surface area contributed by atoms with Crippen LogP contribution < -0.4 is 0 Å². The van der Waals surface area contributed by atoms with Crippen LogP contribution in [0.2, 0.25) is 0 Å². The van der Waals surface area contributed by atoms with Gasteiger partial charge in [-0.15, -0.1) is 11.8 Å². The first kappa shape index (κ1) is 7.83. The minimum Gasteiger partial charge on any atom is -0.104 e. The van der Waals surface area contributed by atoms with Crippen molar-refractivity contribution in [3.05, 3.63) is 23.0 Å². The highest BCUT2D eigenvalue weighted by Gasteiger charge is 1.75. The van der Waals surface area contributed by atoms with Gasteiger partial charge < -0.3 is 0 Å². The van der Waals surface area contributed by atoms with Gasteiger partial charge >= 0.3 is 0 Å². The maximum atomic E-state index is 3.74. The van der Waals surface area contributed by atoms with Gasteiger partial charge in [0.2, 0.25) is 0 Å². The zero-order chi connectivity index (χ0) is 6.41. The van der Waals surface area contributed by atoms with Gasteiger partial charge in [-0.25, -0.2) is 0 Å². The summed E-state index contributed by atoms with van der Waals surface area (Å²) in [6, 6.07) is 0. The molecule has 0 saturated carbocycles. The van der Waals surface area contributed by atoms with Crippen molar-refractivity contribution in [3.63, 3.8) is 0 Å². The molecule has 0 fully saturated rings. The van der Waals surface area contributed by atoms with Crippen LogP contribution in [0.1, 0.15) is 20.3 Å². The highest BCUT2D eigenvalue weighted by atomic mass is 32.2. The first-order chi connectivity index (χ1) is 3.77. The van der Waals surface area contributed by atoms with Gasteiger partial charge in [0, 0.05) is 0 Å². The molecule has 0 aliphatic rings. The van der Waals surface area contributed by atoms with Gasteiger partial charge in [0.15, 0.2) is 0 Å². The molecule has 0 bridgehead atoms. The average Bonchev–Trinajstić information content (AvgIpc) is 1.66. The molecule has 0 aliphatic carbocycles. The van der Waals surface area contributed by atoms with E-state index in [0.29, 0.717) is 0 Å². The number of rotatable bonds is 3. The first-order valence-electron chi connectivity index (χ1n) is 2.74. The molecule has 0 aliphatic heterocycles. The Morgan fingerprint density at radius 2 is 2.38 bits per heavy atom. The van der Waals surface area contributed by atoms with Gasteiger partial charge in [-0.1, -0.05) is 19.6 Å². The van der Waals surface area contributed by atoms with Crippen LogP contribution in [0.4, 0.5) is 0 Å². The van der Waals surface area contributed by atoms with Crippen LogP contribution >= 0.6 is 11.8 Å². The van der Waals surface area contributed by atoms with Crippen molar-refractivity contribution in [2.45, 2.75) is 20.3 Å². The molecule has 0 saturated heterocycles. The quantitative estimate of drug-likeness (QED) is 0.562. The van der Waals surface area contributed by atoms with Crippen LogP contribution in [0, 0.1) is 0 Å². The number of hydrogen-bond acceptors (Lipinski definition) is 1. The van der Waals surface area contributed by atoms with Gasteiger partial charge in [0.1, 0.15) is 0 Å². The standard InChI is InChI=1S/C7H12S/c1-4-5-6-8-7(2)3/h5-6H,2,4H2,1,3H3/b6-5+. The Labute approximate surface area is 55.7 Å². The van der Waals surface area contributed by atoms with E-state index in [1.165, 1.54) is 0 Å². The van der Waals surface area contributed by atoms with E-state index < -0.39 is 0 Å². The lowest BCUT2D eigenvalue weighted by Gasteiger charge is -1.86. The largest absolute Gasteiger partial charge is 0.104 e. The second kappa shape index (κ2) is 4.98. The fourth-order valence-corrected chi connectivity index (χ4v) is 0.781. The lowest BCUT2D eigenvalue weighted by atomic mass is 10.5. The van der Waals surface area contributed by atoms with Crippen molar-refractivity contribution in [2.75, 3.05) is 0 Å². The molecule has 0 N–H and O–H groups in total. The van der Waals surface area contributed by atoms with E-state index in [2.05, 4.69) is 25.0 Å². The first-order valence-corrected chi connectivity index (χ1v) is 3.62. The minimum absolute atomic E-state index is 1.11. The summed E-state index contributed by atoms with van der Waals surface area (Å²) < 4.78 is 0. The molecule has 0 spiro atoms. The van der Waals surface area contributed by atoms with Crippen molar-refractivity contribution in [2.24, 2.45) is 0 Å². The molecule has 0 rings (SSSR count). The molecule has 0 aromatic heterocycles. The van der Waals surface area contributed by atoms with E-state index in [9.17, 15) is 0 Å². The number of thioether (sulfide) groups is 1. The smallest absolute Gasteiger partial charge is 0.0211 e. The number of allylic oxidation sites excluding steroid dienone is 2. The maximum absolute atomic E-state index is 3.74. The predicted octanol–water partition coefficient (Wildman–Crippen LogP) is 3.18. The molecule has 46 valence electrons. The minimum atomic E-state index is 1.11. The van der Waals surface area contributed by atoms with Crippen LogP contribution in [0.5, 0.6) is 0 Å². The van der Waals surface area contributed by atoms with E-state index in [-0.39, 0.29) is 0 Å². The highest BCUT2D eigenvalue weighted by molar-refractivity contribution is 8.05. The average molecular weight is 128 g/mol. The maximum Gasteiger partial charge on any atom is -0.0211 e. The molecule has 0 radical (unpaired) electrons. The topological polar surface area (TPSA) is 0 Å². The van der Waals surface area contributed by atoms with Crippen molar-refractivity contribution >= 4 is 11.8 Å². The molecular weight excluding hydrogens is 116 g/mol. The molecule has 0 heterocycles. The summed E-state index contributed by atoms with van der Waals surface area (Å²) in [6.45, 7) is 7.86. The Kier molecular flexibility index (Phi) is 4.87. The fraction of sp³-hybridized carbons (Fsp3) is 0.429. The summed E-state index contributed by atoms with van der Waals surface area (Å²) in [5, 5.41) is 2.07. The molecule has 0 aromatic rings. The van der Waals surface area contributed by atoms with Crippen molar-refractivity contribution in [1.29, 1.82) is 0 Å². The van der Waals surface area contributed by atoms with Gasteiger partial charge in [-0.05, 0) is 23.7 Å². The molecule has 0 nitrogen and oxygen atoms in total. The van der Waals surface area contributed by atoms with Gasteiger partial charge in [0.05, 0.1) is 0 Å². The Hall–Kier alpha value is -0.170. The third kappa shape index (κ3) is 5.83. The Morgan fingerprint density at radius 1 is 1.75 bits per heavy atom. The molecular formula is C7H12S. The number of hydrogen-bond donors (Lipinski definition) is 0. The van der Waals surface area contributed by atoms with Gasteiger partial charge in [0.25, 0.3) is 0 Å². The third-order valence-corrected chi connectivity index (χ3v) is 1.33. The summed E-state index contributed by atoms with van der Waals surface area (Å²) in [4.78, 5) is 1.15. The molecule has 1 heteroatoms. The van der Waals surface area contributed by atoms with Crippen molar-refractivity contribution in [3.8, 4) is 0 Å². The van der Waals surface area contributed by atoms with Crippen molar-refractivity contribution in [1.82, 2.24) is 0 Å². The Morgan fingerprint density at radius 3 is 2.75 bits per heavy atom. The molecule has 8 heavy (non-hydrogen) atoms. The SMILES string of the molecule is C=C(C)S/C=C/CC. The predicted molar refractivity (Wildman–Crippen MR) is 41.8 cm³/mol. The lowest BCUT2D eigenvalue weighted by Crippen LogP contribution is -1.54. The van der Waals surface area contributed by atoms with Crippen LogP contribution in [0.3, 0.4) is 0 Å². The zero-order valence-electron chi connectivity index (χ0n) is 5.48. The lowest BCUT2D eigenvalue weighted by molar-refractivity contribution is 1.23. The van der Waals surface area contributed by atoms with Crippen molar-refractivity contribution < 1.29 is 0 Å². The zero-order valence-corrected chi connectivity index (χ0v) is 6.29. The van der Waals surface area contributed by atoms with E-state index in [4.69, 9.17) is 0 Å². The summed E-state index contributed by atoms with van der Waals surface area (Å²) in [6.07, 6.45) is 3.24. The second-order valence-corrected chi connectivity index (χ2v) is 2.80. The van der Waals surface area contributed by atoms with Gasteiger partial charge in [-0.2, -0.15) is 0 Å². The monoisotopic (exact) mass is 128 g/mol. The summed E-state index contributed by atoms with van der Waals surface area (Å²) in [7, 11) is 0. The van der Waals surface area contributed by atoms with E-state index in [0.717, 1.165) is 11.3 Å². The molecule has 0 atom stereocenters. The summed E-state index contributed by atoms with van der Waals surface area (Å²) >= 11 is 1.68. The Bertz CT molecular complexity index is 92.6. The van der Waals surface area contributed by atoms with Crippen LogP contribution in [0.15, 0.2) is 23.0 Å². The van der Waals surface area contributed by atoms with E-state index in [1.807, 2.05) is 6.92 Å². The summed E-state index contributed by atoms with van der Waals surface area (Å²) in [5.41, 5.74) is 0. The van der Waals surface area contributed by atoms with Crippen LogP contribution in [-0.2, 0) is 0 Å². The molecule has 0 unspecified atom stereocenters. The highest BCUT2D eigenvalue weighted by Crippen LogP contribution is 2.12. The van der Waals surface area contributed by atoms with E-state index in [1.54, 1.807) is 11.8 Å².